The fraction of sp³-hybridized carbons (Fsp3) is 0.182. The molecule has 1 heterocycles. The Balaban J connectivity index is 1.62. The van der Waals surface area contributed by atoms with Crippen LogP contribution in [0.4, 0.5) is 0 Å². The van der Waals surface area contributed by atoms with E-state index >= 15 is 0 Å². The average molecular weight is 369 g/mol. The minimum absolute atomic E-state index is 0.161. The molecule has 1 unspecified atom stereocenters. The summed E-state index contributed by atoms with van der Waals surface area (Å²) in [6, 6.07) is 20.5. The smallest absolute Gasteiger partial charge is 0.130 e. The van der Waals surface area contributed by atoms with E-state index in [0.717, 1.165) is 29.7 Å². The van der Waals surface area contributed by atoms with Crippen molar-refractivity contribution in [2.75, 3.05) is 0 Å². The first-order chi connectivity index (χ1) is 12.1. The highest BCUT2D eigenvalue weighted by Crippen LogP contribution is 2.40. The molecule has 0 saturated carbocycles. The molecule has 0 N–H and O–H groups in total. The van der Waals surface area contributed by atoms with Crippen molar-refractivity contribution in [1.29, 1.82) is 0 Å². The summed E-state index contributed by atoms with van der Waals surface area (Å²) in [4.78, 5) is 0. The van der Waals surface area contributed by atoms with Crippen molar-refractivity contribution in [1.82, 2.24) is 0 Å². The number of fused-ring (bicyclic) bond motifs is 1. The van der Waals surface area contributed by atoms with Crippen molar-refractivity contribution in [2.45, 2.75) is 25.9 Å². The minimum atomic E-state index is 0.161. The van der Waals surface area contributed by atoms with Crippen molar-refractivity contribution in [3.63, 3.8) is 0 Å². The molecule has 1 aliphatic rings. The molecule has 3 heteroatoms. The van der Waals surface area contributed by atoms with Crippen molar-refractivity contribution in [3.8, 4) is 16.9 Å². The van der Waals surface area contributed by atoms with E-state index in [1.54, 1.807) is 6.07 Å². The lowest BCUT2D eigenvalue weighted by atomic mass is 9.99. The van der Waals surface area contributed by atoms with Gasteiger partial charge in [-0.2, -0.15) is 0 Å². The second kappa shape index (κ2) is 6.74. The molecule has 0 radical (unpaired) electrons. The van der Waals surface area contributed by atoms with Gasteiger partial charge >= 0.3 is 0 Å². The molecule has 0 bridgehead atoms. The molecule has 0 saturated heterocycles. The monoisotopic (exact) mass is 368 g/mol. The number of halogens is 2. The van der Waals surface area contributed by atoms with Gasteiger partial charge in [-0.15, -0.1) is 0 Å². The number of hydrogen-bond donors (Lipinski definition) is 0. The standard InChI is InChI=1S/C22H18Cl2O/c1-14-5-7-15(8-6-14)9-20-12-16-3-2-4-21(22(16)25-20)17-10-18(23)13-19(24)11-17/h2-8,10-11,13,20H,9,12H2,1H3. The van der Waals surface area contributed by atoms with Gasteiger partial charge in [0, 0.05) is 28.5 Å². The molecular weight excluding hydrogens is 351 g/mol. The Morgan fingerprint density at radius 3 is 2.40 bits per heavy atom. The highest BCUT2D eigenvalue weighted by atomic mass is 35.5. The van der Waals surface area contributed by atoms with Crippen LogP contribution in [0.25, 0.3) is 11.1 Å². The predicted molar refractivity (Wildman–Crippen MR) is 105 cm³/mol. The first kappa shape index (κ1) is 16.5. The topological polar surface area (TPSA) is 9.23 Å². The molecule has 1 nitrogen and oxygen atoms in total. The number of benzene rings is 3. The van der Waals surface area contributed by atoms with Crippen LogP contribution in [0.1, 0.15) is 16.7 Å². The Morgan fingerprint density at radius 2 is 1.68 bits per heavy atom. The zero-order valence-electron chi connectivity index (χ0n) is 13.9. The van der Waals surface area contributed by atoms with E-state index in [-0.39, 0.29) is 6.10 Å². The zero-order valence-corrected chi connectivity index (χ0v) is 15.4. The van der Waals surface area contributed by atoms with E-state index in [4.69, 9.17) is 27.9 Å². The second-order valence-corrected chi connectivity index (χ2v) is 7.46. The molecule has 1 atom stereocenters. The Labute approximate surface area is 158 Å². The number of rotatable bonds is 3. The summed E-state index contributed by atoms with van der Waals surface area (Å²) >= 11 is 12.3. The van der Waals surface area contributed by atoms with Gasteiger partial charge in [0.1, 0.15) is 11.9 Å². The first-order valence-electron chi connectivity index (χ1n) is 8.39. The predicted octanol–water partition coefficient (Wildman–Crippen LogP) is 6.52. The zero-order chi connectivity index (χ0) is 17.4. The van der Waals surface area contributed by atoms with Crippen LogP contribution in [0.3, 0.4) is 0 Å². The highest BCUT2D eigenvalue weighted by molar-refractivity contribution is 6.35. The third-order valence-corrected chi connectivity index (χ3v) is 5.02. The number of hydrogen-bond acceptors (Lipinski definition) is 1. The lowest BCUT2D eigenvalue weighted by Crippen LogP contribution is -2.16. The fourth-order valence-electron chi connectivity index (χ4n) is 3.38. The fourth-order valence-corrected chi connectivity index (χ4v) is 3.90. The van der Waals surface area contributed by atoms with E-state index in [2.05, 4.69) is 49.4 Å². The molecule has 0 fully saturated rings. The summed E-state index contributed by atoms with van der Waals surface area (Å²) in [5, 5.41) is 1.27. The number of aryl methyl sites for hydroxylation is 1. The SMILES string of the molecule is Cc1ccc(CC2Cc3cccc(-c4cc(Cl)cc(Cl)c4)c3O2)cc1. The van der Waals surface area contributed by atoms with E-state index in [1.807, 2.05) is 12.1 Å². The van der Waals surface area contributed by atoms with Crippen LogP contribution in [-0.2, 0) is 12.8 Å². The summed E-state index contributed by atoms with van der Waals surface area (Å²) in [6.07, 6.45) is 1.99. The molecule has 0 amide bonds. The average Bonchev–Trinajstić information content (AvgIpc) is 2.98. The third-order valence-electron chi connectivity index (χ3n) is 4.59. The van der Waals surface area contributed by atoms with Gasteiger partial charge in [-0.1, -0.05) is 71.2 Å². The van der Waals surface area contributed by atoms with Crippen molar-refractivity contribution >= 4 is 23.2 Å². The van der Waals surface area contributed by atoms with E-state index in [1.165, 1.54) is 16.7 Å². The van der Waals surface area contributed by atoms with Crippen LogP contribution in [0.2, 0.25) is 10.0 Å². The van der Waals surface area contributed by atoms with Crippen LogP contribution in [-0.4, -0.2) is 6.10 Å². The van der Waals surface area contributed by atoms with Crippen molar-refractivity contribution < 1.29 is 4.74 Å². The normalized spacial score (nSPS) is 15.7. The van der Waals surface area contributed by atoms with Crippen molar-refractivity contribution in [3.05, 3.63) is 87.4 Å². The van der Waals surface area contributed by atoms with Gasteiger partial charge in [0.25, 0.3) is 0 Å². The summed E-state index contributed by atoms with van der Waals surface area (Å²) in [5.41, 5.74) is 5.86. The van der Waals surface area contributed by atoms with E-state index in [0.29, 0.717) is 10.0 Å². The lowest BCUT2D eigenvalue weighted by molar-refractivity contribution is 0.234. The summed E-state index contributed by atoms with van der Waals surface area (Å²) in [6.45, 7) is 2.11. The maximum atomic E-state index is 6.32. The molecule has 3 aromatic rings. The van der Waals surface area contributed by atoms with Gasteiger partial charge in [0.05, 0.1) is 0 Å². The van der Waals surface area contributed by atoms with Gasteiger partial charge in [-0.25, -0.2) is 0 Å². The van der Waals surface area contributed by atoms with E-state index < -0.39 is 0 Å². The molecule has 0 spiro atoms. The molecule has 1 aliphatic heterocycles. The largest absolute Gasteiger partial charge is 0.489 e. The van der Waals surface area contributed by atoms with Crippen molar-refractivity contribution in [2.24, 2.45) is 0 Å². The Bertz CT molecular complexity index is 896. The van der Waals surface area contributed by atoms with Crippen LogP contribution in [0, 0.1) is 6.92 Å². The molecular formula is C22H18Cl2O. The molecule has 126 valence electrons. The highest BCUT2D eigenvalue weighted by Gasteiger charge is 2.26. The Kier molecular flexibility index (Phi) is 4.45. The summed E-state index contributed by atoms with van der Waals surface area (Å²) in [7, 11) is 0. The van der Waals surface area contributed by atoms with Gasteiger partial charge < -0.3 is 4.74 Å². The summed E-state index contributed by atoms with van der Waals surface area (Å²) < 4.78 is 6.32. The quantitative estimate of drug-likeness (QED) is 0.511. The number of para-hydroxylation sites is 1. The van der Waals surface area contributed by atoms with Crippen LogP contribution in [0.15, 0.2) is 60.7 Å². The Morgan fingerprint density at radius 1 is 0.960 bits per heavy atom. The molecule has 25 heavy (non-hydrogen) atoms. The summed E-state index contributed by atoms with van der Waals surface area (Å²) in [5.74, 6) is 0.956. The van der Waals surface area contributed by atoms with Crippen LogP contribution < -0.4 is 4.74 Å². The molecule has 3 aromatic carbocycles. The van der Waals surface area contributed by atoms with Gasteiger partial charge in [0.15, 0.2) is 0 Å². The van der Waals surface area contributed by atoms with Crippen LogP contribution >= 0.6 is 23.2 Å². The van der Waals surface area contributed by atoms with Crippen LogP contribution in [0.5, 0.6) is 5.75 Å². The van der Waals surface area contributed by atoms with E-state index in [9.17, 15) is 0 Å². The van der Waals surface area contributed by atoms with Gasteiger partial charge in [-0.3, -0.25) is 0 Å². The van der Waals surface area contributed by atoms with Gasteiger partial charge in [-0.05, 0) is 41.8 Å². The minimum Gasteiger partial charge on any atom is -0.489 e. The lowest BCUT2D eigenvalue weighted by Gasteiger charge is -2.13. The maximum absolute atomic E-state index is 6.32. The van der Waals surface area contributed by atoms with Gasteiger partial charge in [0.2, 0.25) is 0 Å². The third kappa shape index (κ3) is 3.53. The molecule has 0 aromatic heterocycles. The molecule has 4 rings (SSSR count). The molecule has 0 aliphatic carbocycles. The maximum Gasteiger partial charge on any atom is 0.130 e. The number of ether oxygens (including phenoxy) is 1. The second-order valence-electron chi connectivity index (χ2n) is 6.59. The Hall–Kier alpha value is -1.96. The first-order valence-corrected chi connectivity index (χ1v) is 9.14.